The van der Waals surface area contributed by atoms with E-state index in [-0.39, 0.29) is 0 Å². The molecule has 0 saturated heterocycles. The topological polar surface area (TPSA) is 119 Å². The second kappa shape index (κ2) is 8.83. The molecule has 23 heavy (non-hydrogen) atoms. The van der Waals surface area contributed by atoms with E-state index in [9.17, 15) is 24.6 Å². The normalized spacial score (nSPS) is 15.3. The molecule has 0 rings (SSSR count). The van der Waals surface area contributed by atoms with Gasteiger partial charge >= 0.3 is 17.9 Å². The third kappa shape index (κ3) is 6.96. The molecular weight excluding hydrogens is 308 g/mol. The summed E-state index contributed by atoms with van der Waals surface area (Å²) >= 11 is 0. The minimum atomic E-state index is -2.79. The number of esters is 3. The lowest BCUT2D eigenvalue weighted by atomic mass is 9.92. The zero-order valence-electron chi connectivity index (χ0n) is 14.4. The van der Waals surface area contributed by atoms with Crippen LogP contribution in [-0.4, -0.2) is 58.1 Å². The van der Waals surface area contributed by atoms with Crippen molar-refractivity contribution in [2.75, 3.05) is 0 Å². The number of ether oxygens (including phenoxy) is 3. The van der Waals surface area contributed by atoms with Crippen molar-refractivity contribution in [2.45, 2.75) is 78.0 Å². The monoisotopic (exact) mass is 334 g/mol. The van der Waals surface area contributed by atoms with E-state index >= 15 is 0 Å². The lowest BCUT2D eigenvalue weighted by Gasteiger charge is -2.30. The zero-order valence-corrected chi connectivity index (χ0v) is 14.4. The first-order chi connectivity index (χ1) is 10.4. The van der Waals surface area contributed by atoms with E-state index in [2.05, 4.69) is 0 Å². The smallest absolute Gasteiger partial charge is 0.342 e. The largest absolute Gasteiger partial charge is 0.463 e. The first-order valence-corrected chi connectivity index (χ1v) is 7.41. The van der Waals surface area contributed by atoms with E-state index < -0.39 is 54.3 Å². The SMILES string of the molecule is CC(C)OC(=O)CC(O)(C(=O)OC(C)C)C(O)C(=O)OC(C)C. The van der Waals surface area contributed by atoms with Crippen molar-refractivity contribution in [1.82, 2.24) is 0 Å². The number of hydrogen-bond acceptors (Lipinski definition) is 8. The fraction of sp³-hybridized carbons (Fsp3) is 0.800. The maximum Gasteiger partial charge on any atom is 0.342 e. The molecule has 0 fully saturated rings. The number of rotatable bonds is 8. The van der Waals surface area contributed by atoms with Gasteiger partial charge in [0.2, 0.25) is 5.60 Å². The highest BCUT2D eigenvalue weighted by Gasteiger charge is 2.52. The highest BCUT2D eigenvalue weighted by Crippen LogP contribution is 2.22. The predicted molar refractivity (Wildman–Crippen MR) is 79.3 cm³/mol. The van der Waals surface area contributed by atoms with Gasteiger partial charge in [-0.25, -0.2) is 9.59 Å². The highest BCUT2D eigenvalue weighted by molar-refractivity contribution is 5.92. The first-order valence-electron chi connectivity index (χ1n) is 7.41. The van der Waals surface area contributed by atoms with Gasteiger partial charge in [-0.3, -0.25) is 4.79 Å². The fourth-order valence-electron chi connectivity index (χ4n) is 1.61. The van der Waals surface area contributed by atoms with Crippen molar-refractivity contribution < 1.29 is 38.8 Å². The number of carbonyl (C=O) groups excluding carboxylic acids is 3. The third-order valence-corrected chi connectivity index (χ3v) is 2.50. The molecule has 0 heterocycles. The van der Waals surface area contributed by atoms with Crippen LogP contribution in [0.25, 0.3) is 0 Å². The molecule has 0 amide bonds. The van der Waals surface area contributed by atoms with Crippen LogP contribution in [0.5, 0.6) is 0 Å². The van der Waals surface area contributed by atoms with Crippen molar-refractivity contribution in [2.24, 2.45) is 0 Å². The Hall–Kier alpha value is -1.67. The van der Waals surface area contributed by atoms with E-state index in [4.69, 9.17) is 14.2 Å². The average molecular weight is 334 g/mol. The molecule has 0 aliphatic rings. The van der Waals surface area contributed by atoms with Gasteiger partial charge in [0.15, 0.2) is 6.10 Å². The van der Waals surface area contributed by atoms with E-state index in [1.54, 1.807) is 13.8 Å². The summed E-state index contributed by atoms with van der Waals surface area (Å²) in [5.74, 6) is -3.50. The van der Waals surface area contributed by atoms with Gasteiger partial charge < -0.3 is 24.4 Å². The van der Waals surface area contributed by atoms with Crippen LogP contribution >= 0.6 is 0 Å². The van der Waals surface area contributed by atoms with E-state index in [0.717, 1.165) is 0 Å². The summed E-state index contributed by atoms with van der Waals surface area (Å²) in [4.78, 5) is 35.6. The molecule has 8 heteroatoms. The van der Waals surface area contributed by atoms with E-state index in [1.807, 2.05) is 0 Å². The maximum atomic E-state index is 12.1. The molecule has 0 saturated carbocycles. The minimum absolute atomic E-state index is 0.493. The van der Waals surface area contributed by atoms with Crippen LogP contribution in [0.2, 0.25) is 0 Å². The van der Waals surface area contributed by atoms with Gasteiger partial charge in [-0.15, -0.1) is 0 Å². The van der Waals surface area contributed by atoms with Crippen molar-refractivity contribution >= 4 is 17.9 Å². The summed E-state index contributed by atoms with van der Waals surface area (Å²) in [5, 5.41) is 20.5. The molecule has 2 atom stereocenters. The van der Waals surface area contributed by atoms with Crippen molar-refractivity contribution in [1.29, 1.82) is 0 Å². The molecule has 8 nitrogen and oxygen atoms in total. The fourth-order valence-corrected chi connectivity index (χ4v) is 1.61. The van der Waals surface area contributed by atoms with Gasteiger partial charge in [0.25, 0.3) is 0 Å². The Morgan fingerprint density at radius 2 is 1.30 bits per heavy atom. The van der Waals surface area contributed by atoms with Crippen LogP contribution in [0.1, 0.15) is 48.0 Å². The molecular formula is C15H26O8. The average Bonchev–Trinajstić information content (AvgIpc) is 2.34. The Kier molecular flexibility index (Phi) is 8.19. The van der Waals surface area contributed by atoms with Gasteiger partial charge in [-0.2, -0.15) is 0 Å². The molecule has 0 radical (unpaired) electrons. The summed E-state index contributed by atoms with van der Waals surface area (Å²) in [6.45, 7) is 9.25. The molecule has 2 N–H and O–H groups in total. The Morgan fingerprint density at radius 1 is 0.870 bits per heavy atom. The van der Waals surface area contributed by atoms with Gasteiger partial charge in [0, 0.05) is 0 Å². The summed E-state index contributed by atoms with van der Waals surface area (Å²) in [6, 6.07) is 0. The standard InChI is InChI=1S/C15H26O8/c1-8(2)21-11(16)7-15(20,14(19)23-10(5)6)12(17)13(18)22-9(3)4/h8-10,12,17,20H,7H2,1-6H3. The summed E-state index contributed by atoms with van der Waals surface area (Å²) in [7, 11) is 0. The number of hydrogen-bond donors (Lipinski definition) is 2. The number of aliphatic hydroxyl groups is 2. The number of aliphatic hydroxyl groups excluding tert-OH is 1. The Bertz CT molecular complexity index is 429. The van der Waals surface area contributed by atoms with Crippen LogP contribution < -0.4 is 0 Å². The summed E-state index contributed by atoms with van der Waals surface area (Å²) in [5.41, 5.74) is -2.79. The first kappa shape index (κ1) is 21.3. The molecule has 0 aromatic rings. The second-order valence-corrected chi connectivity index (χ2v) is 5.98. The van der Waals surface area contributed by atoms with Crippen LogP contribution in [0.15, 0.2) is 0 Å². The van der Waals surface area contributed by atoms with Gasteiger partial charge in [-0.05, 0) is 41.5 Å². The van der Waals surface area contributed by atoms with Crippen molar-refractivity contribution in [3.05, 3.63) is 0 Å². The lowest BCUT2D eigenvalue weighted by Crippen LogP contribution is -2.56. The Morgan fingerprint density at radius 3 is 1.70 bits per heavy atom. The zero-order chi connectivity index (χ0) is 18.4. The van der Waals surface area contributed by atoms with Crippen molar-refractivity contribution in [3.8, 4) is 0 Å². The molecule has 2 unspecified atom stereocenters. The van der Waals surface area contributed by atoms with Crippen LogP contribution in [0, 0.1) is 0 Å². The molecule has 0 aromatic carbocycles. The molecule has 134 valence electrons. The lowest BCUT2D eigenvalue weighted by molar-refractivity contribution is -0.199. The summed E-state index contributed by atoms with van der Waals surface area (Å²) in [6.07, 6.45) is -4.91. The predicted octanol–water partition coefficient (Wildman–Crippen LogP) is 0.323. The minimum Gasteiger partial charge on any atom is -0.463 e. The highest BCUT2D eigenvalue weighted by atomic mass is 16.6. The molecule has 0 aromatic heterocycles. The molecule has 0 aliphatic carbocycles. The van der Waals surface area contributed by atoms with Crippen LogP contribution in [-0.2, 0) is 28.6 Å². The van der Waals surface area contributed by atoms with Gasteiger partial charge in [0.05, 0.1) is 24.7 Å². The maximum absolute atomic E-state index is 12.1. The van der Waals surface area contributed by atoms with Crippen LogP contribution in [0.3, 0.4) is 0 Å². The molecule has 0 bridgehead atoms. The molecule has 0 aliphatic heterocycles. The van der Waals surface area contributed by atoms with E-state index in [0.29, 0.717) is 0 Å². The molecule has 0 spiro atoms. The summed E-state index contributed by atoms with van der Waals surface area (Å²) < 4.78 is 14.4. The van der Waals surface area contributed by atoms with Gasteiger partial charge in [-0.1, -0.05) is 0 Å². The quantitative estimate of drug-likeness (QED) is 0.481. The van der Waals surface area contributed by atoms with E-state index in [1.165, 1.54) is 27.7 Å². The van der Waals surface area contributed by atoms with Crippen molar-refractivity contribution in [3.63, 3.8) is 0 Å². The number of carbonyl (C=O) groups is 3. The third-order valence-electron chi connectivity index (χ3n) is 2.50. The van der Waals surface area contributed by atoms with Gasteiger partial charge in [0.1, 0.15) is 0 Å². The Balaban J connectivity index is 5.39. The Labute approximate surface area is 135 Å². The second-order valence-electron chi connectivity index (χ2n) is 5.98. The van der Waals surface area contributed by atoms with Crippen LogP contribution in [0.4, 0.5) is 0 Å².